The summed E-state index contributed by atoms with van der Waals surface area (Å²) in [6.07, 6.45) is 1.62. The van der Waals surface area contributed by atoms with Crippen LogP contribution in [0.4, 0.5) is 17.1 Å². The number of anilines is 3. The molecule has 0 aromatic heterocycles. The van der Waals surface area contributed by atoms with Gasteiger partial charge in [0, 0.05) is 17.1 Å². The van der Waals surface area contributed by atoms with Crippen molar-refractivity contribution in [2.45, 2.75) is 13.0 Å². The topological polar surface area (TPSA) is 56.1 Å². The van der Waals surface area contributed by atoms with Gasteiger partial charge in [0.25, 0.3) is 5.91 Å². The smallest absolute Gasteiger partial charge is 0.262 e. The Hall–Kier alpha value is -4.62. The fourth-order valence-electron chi connectivity index (χ4n) is 3.74. The standard InChI is InChI=1S/C30H25N3O/c1-23(25-11-5-2-6-12-25)32-30(34)26(22-31)21-24-17-19-29(20-18-24)33(27-13-7-3-8-14-27)28-15-9-4-10-16-28/h2-21,23H,1H3,(H,32,34)/b26-21+/t23-/m1/s1. The quantitative estimate of drug-likeness (QED) is 0.249. The fraction of sp³-hybridized carbons (Fsp3) is 0.0667. The minimum absolute atomic E-state index is 0.0681. The van der Waals surface area contributed by atoms with Crippen molar-refractivity contribution in [1.82, 2.24) is 5.32 Å². The third kappa shape index (κ3) is 5.40. The molecule has 1 atom stereocenters. The molecule has 0 saturated carbocycles. The highest BCUT2D eigenvalue weighted by Gasteiger charge is 2.15. The molecule has 0 fully saturated rings. The van der Waals surface area contributed by atoms with E-state index >= 15 is 0 Å². The van der Waals surface area contributed by atoms with E-state index in [1.165, 1.54) is 0 Å². The summed E-state index contributed by atoms with van der Waals surface area (Å²) >= 11 is 0. The highest BCUT2D eigenvalue weighted by molar-refractivity contribution is 6.01. The van der Waals surface area contributed by atoms with E-state index in [1.807, 2.05) is 104 Å². The monoisotopic (exact) mass is 443 g/mol. The number of carbonyl (C=O) groups is 1. The first-order chi connectivity index (χ1) is 16.7. The van der Waals surface area contributed by atoms with Crippen LogP contribution < -0.4 is 10.2 Å². The summed E-state index contributed by atoms with van der Waals surface area (Å²) in [5.74, 6) is -0.391. The van der Waals surface area contributed by atoms with Crippen LogP contribution in [0.5, 0.6) is 0 Å². The van der Waals surface area contributed by atoms with Crippen LogP contribution >= 0.6 is 0 Å². The SMILES string of the molecule is C[C@@H](NC(=O)/C(C#N)=C/c1ccc(N(c2ccccc2)c2ccccc2)cc1)c1ccccc1. The van der Waals surface area contributed by atoms with Crippen molar-refractivity contribution in [1.29, 1.82) is 5.26 Å². The second-order valence-electron chi connectivity index (χ2n) is 7.87. The zero-order valence-corrected chi connectivity index (χ0v) is 18.9. The second kappa shape index (κ2) is 10.8. The average molecular weight is 444 g/mol. The Morgan fingerprint density at radius 3 is 1.74 bits per heavy atom. The molecule has 0 bridgehead atoms. The Kier molecular flexibility index (Phi) is 7.17. The van der Waals surface area contributed by atoms with E-state index in [0.29, 0.717) is 0 Å². The molecule has 4 heteroatoms. The lowest BCUT2D eigenvalue weighted by molar-refractivity contribution is -0.117. The molecular weight excluding hydrogens is 418 g/mol. The lowest BCUT2D eigenvalue weighted by Crippen LogP contribution is -2.27. The number of amides is 1. The van der Waals surface area contributed by atoms with E-state index in [-0.39, 0.29) is 11.6 Å². The molecule has 0 unspecified atom stereocenters. The number of carbonyl (C=O) groups excluding carboxylic acids is 1. The normalized spacial score (nSPS) is 11.8. The van der Waals surface area contributed by atoms with Crippen LogP contribution in [0.15, 0.2) is 121 Å². The summed E-state index contributed by atoms with van der Waals surface area (Å²) < 4.78 is 0. The van der Waals surface area contributed by atoms with Gasteiger partial charge in [-0.3, -0.25) is 4.79 Å². The Balaban J connectivity index is 1.57. The molecule has 0 aliphatic rings. The van der Waals surface area contributed by atoms with Gasteiger partial charge in [-0.05, 0) is 60.5 Å². The molecule has 4 rings (SSSR count). The van der Waals surface area contributed by atoms with Crippen molar-refractivity contribution in [2.24, 2.45) is 0 Å². The van der Waals surface area contributed by atoms with E-state index in [9.17, 15) is 10.1 Å². The summed E-state index contributed by atoms with van der Waals surface area (Å²) in [6, 6.07) is 39.6. The highest BCUT2D eigenvalue weighted by Crippen LogP contribution is 2.34. The van der Waals surface area contributed by atoms with Crippen molar-refractivity contribution >= 4 is 29.0 Å². The van der Waals surface area contributed by atoms with Crippen molar-refractivity contribution in [2.75, 3.05) is 4.90 Å². The number of benzene rings is 4. The molecule has 4 aromatic carbocycles. The molecule has 0 heterocycles. The first-order valence-corrected chi connectivity index (χ1v) is 11.1. The van der Waals surface area contributed by atoms with Crippen molar-refractivity contribution in [3.05, 3.63) is 132 Å². The zero-order valence-electron chi connectivity index (χ0n) is 18.9. The predicted molar refractivity (Wildman–Crippen MR) is 138 cm³/mol. The molecular formula is C30H25N3O. The van der Waals surface area contributed by atoms with Crippen LogP contribution in [0.25, 0.3) is 6.08 Å². The number of rotatable bonds is 7. The summed E-state index contributed by atoms with van der Waals surface area (Å²) in [5, 5.41) is 12.5. The van der Waals surface area contributed by atoms with Gasteiger partial charge in [0.15, 0.2) is 0 Å². The molecule has 4 nitrogen and oxygen atoms in total. The van der Waals surface area contributed by atoms with Gasteiger partial charge in [0.2, 0.25) is 0 Å². The van der Waals surface area contributed by atoms with Crippen LogP contribution in [0.2, 0.25) is 0 Å². The van der Waals surface area contributed by atoms with Gasteiger partial charge in [-0.15, -0.1) is 0 Å². The van der Waals surface area contributed by atoms with E-state index < -0.39 is 5.91 Å². The Morgan fingerprint density at radius 2 is 1.24 bits per heavy atom. The predicted octanol–water partition coefficient (Wildman–Crippen LogP) is 6.94. The Bertz CT molecular complexity index is 1250. The van der Waals surface area contributed by atoms with E-state index in [1.54, 1.807) is 6.08 Å². The van der Waals surface area contributed by atoms with Gasteiger partial charge in [-0.1, -0.05) is 78.9 Å². The minimum Gasteiger partial charge on any atom is -0.345 e. The van der Waals surface area contributed by atoms with Crippen LogP contribution in [0.1, 0.15) is 24.1 Å². The third-order valence-corrected chi connectivity index (χ3v) is 5.50. The van der Waals surface area contributed by atoms with Gasteiger partial charge in [-0.25, -0.2) is 0 Å². The summed E-state index contributed by atoms with van der Waals surface area (Å²) in [6.45, 7) is 1.90. The van der Waals surface area contributed by atoms with Gasteiger partial charge in [0.1, 0.15) is 11.6 Å². The molecule has 0 radical (unpaired) electrons. The number of nitrogens with one attached hydrogen (secondary N) is 1. The Morgan fingerprint density at radius 1 is 0.765 bits per heavy atom. The summed E-state index contributed by atoms with van der Waals surface area (Å²) in [4.78, 5) is 14.9. The molecule has 0 spiro atoms. The first-order valence-electron chi connectivity index (χ1n) is 11.1. The lowest BCUT2D eigenvalue weighted by atomic mass is 10.1. The molecule has 34 heavy (non-hydrogen) atoms. The van der Waals surface area contributed by atoms with Gasteiger partial charge < -0.3 is 10.2 Å². The van der Waals surface area contributed by atoms with Crippen molar-refractivity contribution in [3.8, 4) is 6.07 Å². The fourth-order valence-corrected chi connectivity index (χ4v) is 3.74. The second-order valence-corrected chi connectivity index (χ2v) is 7.87. The summed E-state index contributed by atoms with van der Waals surface area (Å²) in [5.41, 5.74) is 4.91. The maximum absolute atomic E-state index is 12.7. The Labute approximate surface area is 200 Å². The van der Waals surface area contributed by atoms with Gasteiger partial charge >= 0.3 is 0 Å². The third-order valence-electron chi connectivity index (χ3n) is 5.50. The number of hydrogen-bond acceptors (Lipinski definition) is 3. The van der Waals surface area contributed by atoms with E-state index in [2.05, 4.69) is 34.5 Å². The van der Waals surface area contributed by atoms with Gasteiger partial charge in [0.05, 0.1) is 6.04 Å². The molecule has 1 N–H and O–H groups in total. The van der Waals surface area contributed by atoms with Crippen LogP contribution in [0.3, 0.4) is 0 Å². The molecule has 1 amide bonds. The highest BCUT2D eigenvalue weighted by atomic mass is 16.1. The number of hydrogen-bond donors (Lipinski definition) is 1. The zero-order chi connectivity index (χ0) is 23.8. The van der Waals surface area contributed by atoms with Crippen LogP contribution in [0, 0.1) is 11.3 Å². The van der Waals surface area contributed by atoms with Crippen molar-refractivity contribution < 1.29 is 4.79 Å². The van der Waals surface area contributed by atoms with Crippen LogP contribution in [-0.2, 0) is 4.79 Å². The average Bonchev–Trinajstić information content (AvgIpc) is 2.90. The van der Waals surface area contributed by atoms with Crippen LogP contribution in [-0.4, -0.2) is 5.91 Å². The summed E-state index contributed by atoms with van der Waals surface area (Å²) in [7, 11) is 0. The number of nitriles is 1. The molecule has 0 aliphatic carbocycles. The maximum Gasteiger partial charge on any atom is 0.262 e. The molecule has 166 valence electrons. The molecule has 0 aliphatic heterocycles. The van der Waals surface area contributed by atoms with E-state index in [4.69, 9.17) is 0 Å². The number of para-hydroxylation sites is 2. The maximum atomic E-state index is 12.7. The van der Waals surface area contributed by atoms with Gasteiger partial charge in [-0.2, -0.15) is 5.26 Å². The largest absolute Gasteiger partial charge is 0.345 e. The number of nitrogens with zero attached hydrogens (tertiary/aromatic N) is 2. The minimum atomic E-state index is -0.391. The molecule has 4 aromatic rings. The van der Waals surface area contributed by atoms with Crippen molar-refractivity contribution in [3.63, 3.8) is 0 Å². The first kappa shape index (κ1) is 22.6. The molecule has 0 saturated heterocycles. The lowest BCUT2D eigenvalue weighted by Gasteiger charge is -2.25. The van der Waals surface area contributed by atoms with E-state index in [0.717, 1.165) is 28.2 Å².